The largest absolute Gasteiger partial charge is 0.496 e. The first-order chi connectivity index (χ1) is 15.2. The highest BCUT2D eigenvalue weighted by molar-refractivity contribution is 6.50. The van der Waals surface area contributed by atoms with Crippen LogP contribution in [0.1, 0.15) is 34.6 Å². The average Bonchev–Trinajstić information content (AvgIpc) is 2.74. The Morgan fingerprint density at radius 3 is 1.62 bits per heavy atom. The molecule has 2 aromatic rings. The Morgan fingerprint density at radius 1 is 0.750 bits per heavy atom. The maximum atomic E-state index is 13.3. The average molecular weight is 461 g/mol. The Bertz CT molecular complexity index is 1160. The van der Waals surface area contributed by atoms with E-state index in [2.05, 4.69) is 0 Å². The molecule has 0 N–H and O–H groups in total. The van der Waals surface area contributed by atoms with Crippen molar-refractivity contribution >= 4 is 35.1 Å². The van der Waals surface area contributed by atoms with Gasteiger partial charge in [0, 0.05) is 32.0 Å². The molecule has 0 amide bonds. The Balaban J connectivity index is 2.15. The molecule has 0 radical (unpaired) electrons. The molecule has 0 bridgehead atoms. The molecule has 0 aromatic heterocycles. The molecule has 9 nitrogen and oxygen atoms in total. The van der Waals surface area contributed by atoms with Crippen LogP contribution in [0.3, 0.4) is 0 Å². The van der Waals surface area contributed by atoms with Crippen molar-refractivity contribution in [3.63, 3.8) is 0 Å². The van der Waals surface area contributed by atoms with Crippen LogP contribution < -0.4 is 23.7 Å². The lowest BCUT2D eigenvalue weighted by atomic mass is 9.91. The third-order valence-corrected chi connectivity index (χ3v) is 4.58. The number of carbonyl (C=O) groups excluding carboxylic acids is 4. The first-order valence-corrected chi connectivity index (χ1v) is 9.48. The van der Waals surface area contributed by atoms with Crippen LogP contribution in [0.2, 0.25) is 0 Å². The summed E-state index contributed by atoms with van der Waals surface area (Å²) in [6.07, 6.45) is 0. The fraction of sp³-hybridized carbons (Fsp3) is 0.182. The summed E-state index contributed by atoms with van der Waals surface area (Å²) < 4.78 is 26.1. The summed E-state index contributed by atoms with van der Waals surface area (Å²) >= 11 is 6.19. The van der Waals surface area contributed by atoms with Gasteiger partial charge in [0.2, 0.25) is 11.6 Å². The number of rotatable bonds is 6. The van der Waals surface area contributed by atoms with Gasteiger partial charge < -0.3 is 23.7 Å². The lowest BCUT2D eigenvalue weighted by Crippen LogP contribution is -2.25. The molecule has 32 heavy (non-hydrogen) atoms. The Labute approximate surface area is 187 Å². The maximum Gasteiger partial charge on any atom is 0.308 e. The van der Waals surface area contributed by atoms with Crippen molar-refractivity contribution in [3.8, 4) is 28.7 Å². The van der Waals surface area contributed by atoms with Crippen LogP contribution in [0.4, 0.5) is 0 Å². The van der Waals surface area contributed by atoms with E-state index in [0.29, 0.717) is 11.5 Å². The third-order valence-electron chi connectivity index (χ3n) is 4.24. The Morgan fingerprint density at radius 2 is 1.19 bits per heavy atom. The molecule has 0 saturated heterocycles. The standard InChI is InChI=1S/C22H17ClO9/c1-10(24)30-15-5-6-16(31-11(2)25)18-17(15)20(26)19(23)22(21(18)27)32-14-8-12(28-3)7-13(9-14)29-4/h5-9H,1-4H3. The van der Waals surface area contributed by atoms with Gasteiger partial charge in [0.25, 0.3) is 0 Å². The summed E-state index contributed by atoms with van der Waals surface area (Å²) in [6.45, 7) is 2.26. The van der Waals surface area contributed by atoms with Crippen LogP contribution in [0.25, 0.3) is 0 Å². The molecule has 0 saturated carbocycles. The lowest BCUT2D eigenvalue weighted by Gasteiger charge is -2.22. The van der Waals surface area contributed by atoms with Crippen molar-refractivity contribution in [1.29, 1.82) is 0 Å². The van der Waals surface area contributed by atoms with Crippen molar-refractivity contribution in [1.82, 2.24) is 0 Å². The number of methoxy groups -OCH3 is 2. The van der Waals surface area contributed by atoms with Gasteiger partial charge in [0.15, 0.2) is 5.76 Å². The highest BCUT2D eigenvalue weighted by Gasteiger charge is 2.39. The highest BCUT2D eigenvalue weighted by Crippen LogP contribution is 2.40. The van der Waals surface area contributed by atoms with Gasteiger partial charge in [-0.1, -0.05) is 11.6 Å². The van der Waals surface area contributed by atoms with Gasteiger partial charge in [-0.05, 0) is 12.1 Å². The minimum Gasteiger partial charge on any atom is -0.496 e. The predicted molar refractivity (Wildman–Crippen MR) is 111 cm³/mol. The van der Waals surface area contributed by atoms with Crippen molar-refractivity contribution in [3.05, 3.63) is 52.3 Å². The van der Waals surface area contributed by atoms with Gasteiger partial charge in [-0.3, -0.25) is 19.2 Å². The monoisotopic (exact) mass is 460 g/mol. The van der Waals surface area contributed by atoms with Crippen molar-refractivity contribution < 1.29 is 42.9 Å². The Kier molecular flexibility index (Phi) is 6.50. The molecule has 0 atom stereocenters. The van der Waals surface area contributed by atoms with E-state index in [9.17, 15) is 19.2 Å². The fourth-order valence-electron chi connectivity index (χ4n) is 2.97. The number of esters is 2. The second kappa shape index (κ2) is 9.11. The van der Waals surface area contributed by atoms with Crippen LogP contribution in [0.5, 0.6) is 28.7 Å². The molecule has 2 aromatic carbocycles. The first kappa shape index (κ1) is 22.8. The number of Topliss-reactive ketones (excluding diaryl/α,β-unsaturated/α-hetero) is 2. The van der Waals surface area contributed by atoms with E-state index in [1.54, 1.807) is 6.07 Å². The summed E-state index contributed by atoms with van der Waals surface area (Å²) in [6, 6.07) is 6.95. The van der Waals surface area contributed by atoms with Crippen molar-refractivity contribution in [2.75, 3.05) is 14.2 Å². The lowest BCUT2D eigenvalue weighted by molar-refractivity contribution is -0.133. The number of fused-ring (bicyclic) bond motifs is 1. The molecule has 0 spiro atoms. The molecule has 1 aliphatic carbocycles. The van der Waals surface area contributed by atoms with E-state index in [4.69, 9.17) is 35.3 Å². The molecular weight excluding hydrogens is 444 g/mol. The number of hydrogen-bond donors (Lipinski definition) is 0. The quantitative estimate of drug-likeness (QED) is 0.472. The van der Waals surface area contributed by atoms with E-state index in [-0.39, 0.29) is 28.4 Å². The van der Waals surface area contributed by atoms with Crippen LogP contribution in [-0.2, 0) is 9.59 Å². The summed E-state index contributed by atoms with van der Waals surface area (Å²) in [4.78, 5) is 49.3. The number of ether oxygens (including phenoxy) is 5. The molecule has 1 aliphatic rings. The second-order valence-electron chi connectivity index (χ2n) is 6.45. The third kappa shape index (κ3) is 4.42. The number of allylic oxidation sites excluding steroid dienone is 2. The molecular formula is C22H17ClO9. The van der Waals surface area contributed by atoms with Crippen LogP contribution >= 0.6 is 11.6 Å². The van der Waals surface area contributed by atoms with Crippen molar-refractivity contribution in [2.45, 2.75) is 13.8 Å². The molecule has 3 rings (SSSR count). The number of ketones is 2. The predicted octanol–water partition coefficient (Wildman–Crippen LogP) is 3.46. The van der Waals surface area contributed by atoms with Gasteiger partial charge in [-0.15, -0.1) is 0 Å². The minimum atomic E-state index is -0.851. The summed E-state index contributed by atoms with van der Waals surface area (Å²) in [5, 5.41) is -0.544. The zero-order chi connectivity index (χ0) is 23.6. The summed E-state index contributed by atoms with van der Waals surface area (Å²) in [5.74, 6) is -3.25. The molecule has 10 heteroatoms. The van der Waals surface area contributed by atoms with E-state index < -0.39 is 34.3 Å². The minimum absolute atomic E-state index is 0.101. The molecule has 0 fully saturated rings. The van der Waals surface area contributed by atoms with E-state index in [1.165, 1.54) is 38.5 Å². The maximum absolute atomic E-state index is 13.3. The van der Waals surface area contributed by atoms with E-state index in [1.807, 2.05) is 0 Å². The fourth-order valence-corrected chi connectivity index (χ4v) is 3.19. The van der Waals surface area contributed by atoms with Crippen LogP contribution in [0, 0.1) is 0 Å². The molecule has 166 valence electrons. The van der Waals surface area contributed by atoms with E-state index >= 15 is 0 Å². The summed E-state index contributed by atoms with van der Waals surface area (Å²) in [5.41, 5.74) is -0.636. The smallest absolute Gasteiger partial charge is 0.308 e. The van der Waals surface area contributed by atoms with Gasteiger partial charge in [-0.2, -0.15) is 0 Å². The normalized spacial score (nSPS) is 12.8. The summed E-state index contributed by atoms with van der Waals surface area (Å²) in [7, 11) is 2.86. The van der Waals surface area contributed by atoms with Gasteiger partial charge in [0.1, 0.15) is 33.8 Å². The second-order valence-corrected chi connectivity index (χ2v) is 6.83. The highest BCUT2D eigenvalue weighted by atomic mass is 35.5. The van der Waals surface area contributed by atoms with Crippen molar-refractivity contribution in [2.24, 2.45) is 0 Å². The SMILES string of the molecule is COc1cc(OC)cc(OC2=C(Cl)C(=O)c3c(OC(C)=O)ccc(OC(C)=O)c3C2=O)c1. The van der Waals surface area contributed by atoms with Gasteiger partial charge in [-0.25, -0.2) is 0 Å². The number of carbonyl (C=O) groups is 4. The zero-order valence-electron chi connectivity index (χ0n) is 17.4. The van der Waals surface area contributed by atoms with E-state index in [0.717, 1.165) is 13.8 Å². The molecule has 0 unspecified atom stereocenters. The number of halogens is 1. The molecule has 0 heterocycles. The van der Waals surface area contributed by atoms with Gasteiger partial charge >= 0.3 is 11.9 Å². The topological polar surface area (TPSA) is 114 Å². The zero-order valence-corrected chi connectivity index (χ0v) is 18.2. The van der Waals surface area contributed by atoms with Gasteiger partial charge in [0.05, 0.1) is 25.3 Å². The Hall–Kier alpha value is -3.85. The first-order valence-electron chi connectivity index (χ1n) is 9.10. The van der Waals surface area contributed by atoms with Crippen LogP contribution in [0.15, 0.2) is 41.1 Å². The number of benzene rings is 2. The van der Waals surface area contributed by atoms with Crippen LogP contribution in [-0.4, -0.2) is 37.7 Å². The number of hydrogen-bond acceptors (Lipinski definition) is 9. The molecule has 0 aliphatic heterocycles.